The number of aryl methyl sites for hydroxylation is 1. The number of benzene rings is 2. The van der Waals surface area contributed by atoms with Crippen molar-refractivity contribution in [2.75, 3.05) is 0 Å². The number of hydrogen-bond acceptors (Lipinski definition) is 0. The fourth-order valence-corrected chi connectivity index (χ4v) is 3.09. The first kappa shape index (κ1) is 16.5. The molecule has 0 heterocycles. The topological polar surface area (TPSA) is 0 Å². The summed E-state index contributed by atoms with van der Waals surface area (Å²) < 4.78 is 0. The van der Waals surface area contributed by atoms with E-state index in [1.807, 2.05) is 6.08 Å². The third-order valence-electron chi connectivity index (χ3n) is 4.47. The zero-order valence-electron chi connectivity index (χ0n) is 14.4. The van der Waals surface area contributed by atoms with Crippen LogP contribution < -0.4 is 0 Å². The van der Waals surface area contributed by atoms with Crippen molar-refractivity contribution in [2.24, 2.45) is 0 Å². The lowest BCUT2D eigenvalue weighted by atomic mass is 9.83. The van der Waals surface area contributed by atoms with Crippen LogP contribution in [0.5, 0.6) is 0 Å². The van der Waals surface area contributed by atoms with Gasteiger partial charge in [-0.1, -0.05) is 82.3 Å². The first-order valence-electron chi connectivity index (χ1n) is 8.39. The molecule has 0 saturated carbocycles. The number of rotatable bonds is 6. The fraction of sp³-hybridized carbons (Fsp3) is 0.364. The van der Waals surface area contributed by atoms with Crippen LogP contribution in [-0.2, 0) is 0 Å². The van der Waals surface area contributed by atoms with Crippen molar-refractivity contribution in [2.45, 2.75) is 52.4 Å². The highest BCUT2D eigenvalue weighted by molar-refractivity contribution is 5.52. The zero-order valence-corrected chi connectivity index (χ0v) is 14.4. The molecule has 0 nitrogen and oxygen atoms in total. The quantitative estimate of drug-likeness (QED) is 0.556. The van der Waals surface area contributed by atoms with Crippen LogP contribution in [0.15, 0.2) is 49.0 Å². The molecule has 0 aliphatic rings. The molecule has 1 atom stereocenters. The summed E-state index contributed by atoms with van der Waals surface area (Å²) in [5, 5.41) is 0. The normalized spacial score (nSPS) is 12.4. The average molecular weight is 292 g/mol. The maximum Gasteiger partial charge on any atom is 0.00921 e. The van der Waals surface area contributed by atoms with Gasteiger partial charge < -0.3 is 0 Å². The lowest BCUT2D eigenvalue weighted by molar-refractivity contribution is 0.692. The van der Waals surface area contributed by atoms with Gasteiger partial charge in [0.15, 0.2) is 0 Å². The van der Waals surface area contributed by atoms with Crippen molar-refractivity contribution >= 4 is 6.08 Å². The van der Waals surface area contributed by atoms with Crippen LogP contribution in [0.25, 0.3) is 6.08 Å². The van der Waals surface area contributed by atoms with Gasteiger partial charge in [0, 0.05) is 5.92 Å². The van der Waals surface area contributed by atoms with Gasteiger partial charge in [-0.15, -0.1) is 0 Å². The summed E-state index contributed by atoms with van der Waals surface area (Å²) >= 11 is 0. The molecular formula is C22H28. The highest BCUT2D eigenvalue weighted by Crippen LogP contribution is 2.33. The molecule has 0 fully saturated rings. The fourth-order valence-electron chi connectivity index (χ4n) is 3.09. The highest BCUT2D eigenvalue weighted by Gasteiger charge is 2.16. The van der Waals surface area contributed by atoms with E-state index in [1.54, 1.807) is 0 Å². The van der Waals surface area contributed by atoms with Crippen molar-refractivity contribution in [3.05, 3.63) is 76.9 Å². The molecule has 0 bridgehead atoms. The molecule has 0 aliphatic carbocycles. The molecule has 116 valence electrons. The molecule has 2 aromatic carbocycles. The first-order chi connectivity index (χ1) is 10.6. The van der Waals surface area contributed by atoms with Crippen LogP contribution >= 0.6 is 0 Å². The van der Waals surface area contributed by atoms with Crippen molar-refractivity contribution in [3.63, 3.8) is 0 Å². The Morgan fingerprint density at radius 1 is 1.05 bits per heavy atom. The van der Waals surface area contributed by atoms with Gasteiger partial charge in [-0.25, -0.2) is 0 Å². The third-order valence-corrected chi connectivity index (χ3v) is 4.47. The second-order valence-corrected chi connectivity index (χ2v) is 6.49. The Bertz CT molecular complexity index is 634. The predicted molar refractivity (Wildman–Crippen MR) is 98.6 cm³/mol. The lowest BCUT2D eigenvalue weighted by Crippen LogP contribution is -2.04. The summed E-state index contributed by atoms with van der Waals surface area (Å²) in [6, 6.07) is 15.8. The Labute approximate surface area is 135 Å². The maximum absolute atomic E-state index is 3.92. The molecule has 0 aromatic heterocycles. The summed E-state index contributed by atoms with van der Waals surface area (Å²) in [5.74, 6) is 1.05. The monoisotopic (exact) mass is 292 g/mol. The van der Waals surface area contributed by atoms with Gasteiger partial charge in [0.25, 0.3) is 0 Å². The third kappa shape index (κ3) is 3.68. The van der Waals surface area contributed by atoms with Crippen molar-refractivity contribution in [1.29, 1.82) is 0 Å². The standard InChI is InChI=1S/C22H28/c1-6-9-21(20-11-8-10-19(15-20)16(3)4)22-14-18(7-2)13-12-17(22)5/h7-8,10-16,21H,2,6,9H2,1,3-5H3. The molecule has 0 saturated heterocycles. The van der Waals surface area contributed by atoms with E-state index in [2.05, 4.69) is 76.7 Å². The van der Waals surface area contributed by atoms with Crippen LogP contribution in [0.4, 0.5) is 0 Å². The van der Waals surface area contributed by atoms with Gasteiger partial charge >= 0.3 is 0 Å². The summed E-state index contributed by atoms with van der Waals surface area (Å²) in [6.07, 6.45) is 4.31. The molecule has 0 amide bonds. The second kappa shape index (κ2) is 7.45. The van der Waals surface area contributed by atoms with Crippen LogP contribution in [0.1, 0.15) is 73.3 Å². The molecule has 2 rings (SSSR count). The van der Waals surface area contributed by atoms with Crippen LogP contribution in [0.3, 0.4) is 0 Å². The molecule has 22 heavy (non-hydrogen) atoms. The molecule has 0 N–H and O–H groups in total. The minimum Gasteiger partial charge on any atom is -0.0985 e. The van der Waals surface area contributed by atoms with Gasteiger partial charge in [0.2, 0.25) is 0 Å². The van der Waals surface area contributed by atoms with Gasteiger partial charge in [-0.05, 0) is 47.1 Å². The van der Waals surface area contributed by atoms with E-state index < -0.39 is 0 Å². The zero-order chi connectivity index (χ0) is 16.1. The summed E-state index contributed by atoms with van der Waals surface area (Å²) in [5.41, 5.74) is 6.90. The molecule has 0 heteroatoms. The van der Waals surface area contributed by atoms with Gasteiger partial charge in [-0.3, -0.25) is 0 Å². The van der Waals surface area contributed by atoms with Gasteiger partial charge in [-0.2, -0.15) is 0 Å². The van der Waals surface area contributed by atoms with Gasteiger partial charge in [0.1, 0.15) is 0 Å². The largest absolute Gasteiger partial charge is 0.0985 e. The summed E-state index contributed by atoms with van der Waals surface area (Å²) in [4.78, 5) is 0. The molecule has 1 unspecified atom stereocenters. The van der Waals surface area contributed by atoms with E-state index in [1.165, 1.54) is 40.7 Å². The highest BCUT2D eigenvalue weighted by atomic mass is 14.2. The minimum absolute atomic E-state index is 0.476. The van der Waals surface area contributed by atoms with Crippen molar-refractivity contribution in [3.8, 4) is 0 Å². The lowest BCUT2D eigenvalue weighted by Gasteiger charge is -2.21. The molecule has 0 spiro atoms. The minimum atomic E-state index is 0.476. The second-order valence-electron chi connectivity index (χ2n) is 6.49. The predicted octanol–water partition coefficient (Wildman–Crippen LogP) is 6.69. The summed E-state index contributed by atoms with van der Waals surface area (Å²) in [6.45, 7) is 12.9. The van der Waals surface area contributed by atoms with E-state index in [4.69, 9.17) is 0 Å². The Morgan fingerprint density at radius 3 is 2.41 bits per heavy atom. The van der Waals surface area contributed by atoms with Crippen LogP contribution in [0.2, 0.25) is 0 Å². The molecule has 0 radical (unpaired) electrons. The first-order valence-corrected chi connectivity index (χ1v) is 8.39. The molecule has 0 aliphatic heterocycles. The Morgan fingerprint density at radius 2 is 1.77 bits per heavy atom. The Balaban J connectivity index is 2.50. The smallest absolute Gasteiger partial charge is 0.00921 e. The van der Waals surface area contributed by atoms with E-state index in [-0.39, 0.29) is 0 Å². The van der Waals surface area contributed by atoms with E-state index in [9.17, 15) is 0 Å². The van der Waals surface area contributed by atoms with E-state index >= 15 is 0 Å². The van der Waals surface area contributed by atoms with Crippen molar-refractivity contribution < 1.29 is 0 Å². The average Bonchev–Trinajstić information content (AvgIpc) is 2.53. The van der Waals surface area contributed by atoms with Crippen LogP contribution in [-0.4, -0.2) is 0 Å². The maximum atomic E-state index is 3.92. The van der Waals surface area contributed by atoms with Crippen molar-refractivity contribution in [1.82, 2.24) is 0 Å². The van der Waals surface area contributed by atoms with E-state index in [0.717, 1.165) is 0 Å². The van der Waals surface area contributed by atoms with Crippen LogP contribution in [0, 0.1) is 6.92 Å². The van der Waals surface area contributed by atoms with E-state index in [0.29, 0.717) is 11.8 Å². The van der Waals surface area contributed by atoms with Gasteiger partial charge in [0.05, 0.1) is 0 Å². The Kier molecular flexibility index (Phi) is 5.60. The number of hydrogen-bond donors (Lipinski definition) is 0. The summed E-state index contributed by atoms with van der Waals surface area (Å²) in [7, 11) is 0. The molecule has 2 aromatic rings. The SMILES string of the molecule is C=Cc1ccc(C)c(C(CCC)c2cccc(C(C)C)c2)c1. The molecular weight excluding hydrogens is 264 g/mol. The Hall–Kier alpha value is -1.82.